The topological polar surface area (TPSA) is 29.1 Å². The van der Waals surface area contributed by atoms with Gasteiger partial charge in [0.15, 0.2) is 5.78 Å². The maximum atomic E-state index is 13.6. The maximum absolute atomic E-state index is 13.6. The van der Waals surface area contributed by atoms with Crippen LogP contribution in [0.15, 0.2) is 42.5 Å². The number of Topliss-reactive ketones (excluding diaryl/α,β-unsaturated/α-hetero) is 1. The van der Waals surface area contributed by atoms with Crippen LogP contribution in [0.5, 0.6) is 0 Å². The number of ketones is 1. The summed E-state index contributed by atoms with van der Waals surface area (Å²) >= 11 is 0. The number of rotatable bonds is 6. The summed E-state index contributed by atoms with van der Waals surface area (Å²) in [5.41, 5.74) is 1.23. The Kier molecular flexibility index (Phi) is 5.17. The van der Waals surface area contributed by atoms with Gasteiger partial charge in [0.05, 0.1) is 0 Å². The number of nitrogens with one attached hydrogen (secondary N) is 1. The van der Waals surface area contributed by atoms with Crippen LogP contribution >= 0.6 is 0 Å². The van der Waals surface area contributed by atoms with E-state index in [-0.39, 0.29) is 17.8 Å². The quantitative estimate of drug-likeness (QED) is 0.828. The van der Waals surface area contributed by atoms with Crippen molar-refractivity contribution in [3.8, 4) is 0 Å². The standard InChI is InChI=1S/C17H17F2NO/c1-20-10-9-12-5-2-3-6-13(12)17(21)11-14-15(18)7-4-8-16(14)19/h2-8,20H,9-11H2,1H3. The van der Waals surface area contributed by atoms with E-state index in [1.165, 1.54) is 18.2 Å². The molecule has 0 fully saturated rings. The first-order valence-corrected chi connectivity index (χ1v) is 6.82. The predicted molar refractivity (Wildman–Crippen MR) is 78.5 cm³/mol. The van der Waals surface area contributed by atoms with E-state index < -0.39 is 11.6 Å². The molecule has 1 N–H and O–H groups in total. The van der Waals surface area contributed by atoms with Crippen LogP contribution in [0, 0.1) is 11.6 Å². The van der Waals surface area contributed by atoms with Crippen molar-refractivity contribution in [3.63, 3.8) is 0 Å². The molecular formula is C17H17F2NO. The highest BCUT2D eigenvalue weighted by Crippen LogP contribution is 2.17. The van der Waals surface area contributed by atoms with Gasteiger partial charge in [-0.25, -0.2) is 8.78 Å². The average molecular weight is 289 g/mol. The van der Waals surface area contributed by atoms with E-state index in [1.807, 2.05) is 19.2 Å². The van der Waals surface area contributed by atoms with Gasteiger partial charge in [-0.3, -0.25) is 4.79 Å². The van der Waals surface area contributed by atoms with Crippen molar-refractivity contribution < 1.29 is 13.6 Å². The van der Waals surface area contributed by atoms with Gasteiger partial charge in [0.25, 0.3) is 0 Å². The Balaban J connectivity index is 2.25. The van der Waals surface area contributed by atoms with E-state index in [9.17, 15) is 13.6 Å². The first-order valence-electron chi connectivity index (χ1n) is 6.82. The highest BCUT2D eigenvalue weighted by Gasteiger charge is 2.16. The lowest BCUT2D eigenvalue weighted by Gasteiger charge is -2.09. The summed E-state index contributed by atoms with van der Waals surface area (Å²) in [5.74, 6) is -1.64. The molecule has 2 rings (SSSR count). The van der Waals surface area contributed by atoms with Crippen molar-refractivity contribution in [1.29, 1.82) is 0 Å². The van der Waals surface area contributed by atoms with Crippen LogP contribution in [0.25, 0.3) is 0 Å². The van der Waals surface area contributed by atoms with E-state index in [1.54, 1.807) is 12.1 Å². The minimum atomic E-state index is -0.684. The van der Waals surface area contributed by atoms with E-state index in [4.69, 9.17) is 0 Å². The number of carbonyl (C=O) groups is 1. The van der Waals surface area contributed by atoms with Crippen molar-refractivity contribution in [2.75, 3.05) is 13.6 Å². The number of carbonyl (C=O) groups excluding carboxylic acids is 1. The lowest BCUT2D eigenvalue weighted by atomic mass is 9.96. The van der Waals surface area contributed by atoms with Gasteiger partial charge in [-0.1, -0.05) is 30.3 Å². The van der Waals surface area contributed by atoms with Gasteiger partial charge in [-0.15, -0.1) is 0 Å². The zero-order valence-corrected chi connectivity index (χ0v) is 11.8. The minimum absolute atomic E-state index is 0.175. The molecule has 0 bridgehead atoms. The van der Waals surface area contributed by atoms with Gasteiger partial charge < -0.3 is 5.32 Å². The van der Waals surface area contributed by atoms with Crippen molar-refractivity contribution in [1.82, 2.24) is 5.32 Å². The Morgan fingerprint density at radius 2 is 1.71 bits per heavy atom. The maximum Gasteiger partial charge on any atom is 0.167 e. The van der Waals surface area contributed by atoms with E-state index in [0.717, 1.165) is 12.1 Å². The fraction of sp³-hybridized carbons (Fsp3) is 0.235. The van der Waals surface area contributed by atoms with Gasteiger partial charge in [0.1, 0.15) is 11.6 Å². The number of halogens is 2. The van der Waals surface area contributed by atoms with Gasteiger partial charge in [-0.05, 0) is 37.7 Å². The summed E-state index contributed by atoms with van der Waals surface area (Å²) in [7, 11) is 1.83. The van der Waals surface area contributed by atoms with Crippen LogP contribution < -0.4 is 5.32 Å². The highest BCUT2D eigenvalue weighted by molar-refractivity contribution is 5.98. The molecule has 0 radical (unpaired) electrons. The molecule has 0 unspecified atom stereocenters. The summed E-state index contributed by atoms with van der Waals surface area (Å²) in [6.07, 6.45) is 0.424. The smallest absolute Gasteiger partial charge is 0.167 e. The Hall–Kier alpha value is -2.07. The lowest BCUT2D eigenvalue weighted by Crippen LogP contribution is -2.14. The Morgan fingerprint density at radius 3 is 2.38 bits per heavy atom. The average Bonchev–Trinajstić information content (AvgIpc) is 2.49. The highest BCUT2D eigenvalue weighted by atomic mass is 19.1. The zero-order chi connectivity index (χ0) is 15.2. The molecule has 0 amide bonds. The van der Waals surface area contributed by atoms with Crippen LogP contribution in [0.1, 0.15) is 21.5 Å². The summed E-state index contributed by atoms with van der Waals surface area (Å²) in [6, 6.07) is 10.8. The molecule has 2 nitrogen and oxygen atoms in total. The van der Waals surface area contributed by atoms with Crippen LogP contribution in [0.3, 0.4) is 0 Å². The molecule has 0 aliphatic heterocycles. The van der Waals surface area contributed by atoms with Crippen LogP contribution in [0.2, 0.25) is 0 Å². The van der Waals surface area contributed by atoms with Gasteiger partial charge in [0.2, 0.25) is 0 Å². The molecule has 0 atom stereocenters. The molecule has 0 aliphatic carbocycles. The molecule has 0 aromatic heterocycles. The SMILES string of the molecule is CNCCc1ccccc1C(=O)Cc1c(F)cccc1F. The van der Waals surface area contributed by atoms with E-state index in [0.29, 0.717) is 12.0 Å². The molecule has 0 spiro atoms. The van der Waals surface area contributed by atoms with Crippen LogP contribution in [-0.2, 0) is 12.8 Å². The van der Waals surface area contributed by atoms with Crippen LogP contribution in [-0.4, -0.2) is 19.4 Å². The predicted octanol–water partition coefficient (Wildman–Crippen LogP) is 3.15. The van der Waals surface area contributed by atoms with Crippen LogP contribution in [0.4, 0.5) is 8.78 Å². The number of benzene rings is 2. The minimum Gasteiger partial charge on any atom is -0.319 e. The molecule has 0 saturated carbocycles. The Labute approximate surface area is 122 Å². The number of hydrogen-bond donors (Lipinski definition) is 1. The number of hydrogen-bond acceptors (Lipinski definition) is 2. The van der Waals surface area contributed by atoms with E-state index in [2.05, 4.69) is 5.32 Å². The molecule has 2 aromatic rings. The molecule has 0 heterocycles. The first kappa shape index (κ1) is 15.3. The fourth-order valence-electron chi connectivity index (χ4n) is 2.23. The summed E-state index contributed by atoms with van der Waals surface area (Å²) in [6.45, 7) is 0.734. The largest absolute Gasteiger partial charge is 0.319 e. The molecule has 2 aromatic carbocycles. The summed E-state index contributed by atoms with van der Waals surface area (Å²) in [5, 5.41) is 3.02. The summed E-state index contributed by atoms with van der Waals surface area (Å²) in [4.78, 5) is 12.3. The van der Waals surface area contributed by atoms with Crippen molar-refractivity contribution in [2.45, 2.75) is 12.8 Å². The Bertz CT molecular complexity index is 620. The molecule has 0 saturated heterocycles. The zero-order valence-electron chi connectivity index (χ0n) is 11.8. The molecular weight excluding hydrogens is 272 g/mol. The monoisotopic (exact) mass is 289 g/mol. The molecule has 110 valence electrons. The normalized spacial score (nSPS) is 10.6. The lowest BCUT2D eigenvalue weighted by molar-refractivity contribution is 0.0989. The second-order valence-electron chi connectivity index (χ2n) is 4.81. The fourth-order valence-corrected chi connectivity index (χ4v) is 2.23. The van der Waals surface area contributed by atoms with Gasteiger partial charge >= 0.3 is 0 Å². The first-order chi connectivity index (χ1) is 10.1. The van der Waals surface area contributed by atoms with Gasteiger partial charge in [0, 0.05) is 17.5 Å². The molecule has 4 heteroatoms. The third kappa shape index (κ3) is 3.73. The second-order valence-corrected chi connectivity index (χ2v) is 4.81. The van der Waals surface area contributed by atoms with Crippen molar-refractivity contribution in [3.05, 3.63) is 70.8 Å². The molecule has 0 aliphatic rings. The Morgan fingerprint density at radius 1 is 1.05 bits per heavy atom. The summed E-state index contributed by atoms with van der Waals surface area (Å²) < 4.78 is 27.3. The number of likely N-dealkylation sites (N-methyl/N-ethyl adjacent to an activating group) is 1. The van der Waals surface area contributed by atoms with Crippen molar-refractivity contribution in [2.24, 2.45) is 0 Å². The molecule has 21 heavy (non-hydrogen) atoms. The van der Waals surface area contributed by atoms with E-state index >= 15 is 0 Å². The third-order valence-electron chi connectivity index (χ3n) is 3.36. The third-order valence-corrected chi connectivity index (χ3v) is 3.36. The van der Waals surface area contributed by atoms with Crippen molar-refractivity contribution >= 4 is 5.78 Å². The van der Waals surface area contributed by atoms with Gasteiger partial charge in [-0.2, -0.15) is 0 Å². The second kappa shape index (κ2) is 7.09.